The van der Waals surface area contributed by atoms with Crippen LogP contribution in [0.4, 0.5) is 0 Å². The molecule has 0 fully saturated rings. The maximum atomic E-state index is 10.8. The first-order valence-corrected chi connectivity index (χ1v) is 11.6. The topological polar surface area (TPSA) is 39.2 Å². The maximum Gasteiger partial charge on any atom is 0.123 e. The smallest absolute Gasteiger partial charge is 0.123 e. The van der Waals surface area contributed by atoms with E-state index in [4.69, 9.17) is 9.72 Å². The highest BCUT2D eigenvalue weighted by Crippen LogP contribution is 2.37. The summed E-state index contributed by atoms with van der Waals surface area (Å²) in [4.78, 5) is 17.0. The van der Waals surface area contributed by atoms with Gasteiger partial charge in [0.05, 0.1) is 12.3 Å². The highest BCUT2D eigenvalue weighted by Gasteiger charge is 2.22. The fourth-order valence-electron chi connectivity index (χ4n) is 4.19. The average molecular weight is 420 g/mol. The van der Waals surface area contributed by atoms with Crippen LogP contribution < -0.4 is 4.74 Å². The van der Waals surface area contributed by atoms with E-state index in [1.807, 2.05) is 6.07 Å². The van der Waals surface area contributed by atoms with Gasteiger partial charge >= 0.3 is 0 Å². The van der Waals surface area contributed by atoms with Gasteiger partial charge in [-0.3, -0.25) is 0 Å². The molecule has 1 aromatic heterocycles. The van der Waals surface area contributed by atoms with E-state index in [0.717, 1.165) is 42.0 Å². The Morgan fingerprint density at radius 1 is 1.20 bits per heavy atom. The summed E-state index contributed by atoms with van der Waals surface area (Å²) < 4.78 is 6.04. The Labute approximate surface area is 183 Å². The van der Waals surface area contributed by atoms with Gasteiger partial charge in [-0.05, 0) is 60.4 Å². The Morgan fingerprint density at radius 2 is 2.00 bits per heavy atom. The van der Waals surface area contributed by atoms with E-state index >= 15 is 0 Å². The van der Waals surface area contributed by atoms with Gasteiger partial charge in [-0.2, -0.15) is 0 Å². The molecule has 0 unspecified atom stereocenters. The molecular formula is C26H29NO2S. The molecule has 0 amide bonds. The summed E-state index contributed by atoms with van der Waals surface area (Å²) in [6.07, 6.45) is 4.56. The molecule has 0 bridgehead atoms. The molecule has 4 rings (SSSR count). The van der Waals surface area contributed by atoms with Crippen molar-refractivity contribution in [1.82, 2.24) is 4.98 Å². The molecule has 1 heterocycles. The molecule has 0 saturated heterocycles. The maximum absolute atomic E-state index is 10.8. The number of nitrogens with zero attached hydrogens (tertiary/aromatic N) is 1. The molecule has 0 spiro atoms. The van der Waals surface area contributed by atoms with Crippen molar-refractivity contribution in [3.05, 3.63) is 69.7 Å². The number of fused-ring (bicyclic) bond motifs is 1. The Hall–Kier alpha value is -2.46. The Morgan fingerprint density at radius 3 is 2.73 bits per heavy atom. The number of rotatable bonds is 8. The molecule has 0 N–H and O–H groups in total. The van der Waals surface area contributed by atoms with Crippen LogP contribution in [-0.4, -0.2) is 17.9 Å². The second kappa shape index (κ2) is 9.13. The molecule has 3 nitrogen and oxygen atoms in total. The first kappa shape index (κ1) is 20.8. The minimum atomic E-state index is 0.386. The number of aryl methyl sites for hydroxylation is 2. The first-order chi connectivity index (χ1) is 14.5. The monoisotopic (exact) mass is 419 g/mol. The van der Waals surface area contributed by atoms with Gasteiger partial charge in [0.15, 0.2) is 0 Å². The highest BCUT2D eigenvalue weighted by atomic mass is 32.1. The van der Waals surface area contributed by atoms with Crippen LogP contribution in [0.15, 0.2) is 42.5 Å². The SMILES string of the molecule is Cc1sc(-c2ccc(C(C)C)cc2)nc1CCOc1ccc2c(c1)CC[C@H]2CC=O. The van der Waals surface area contributed by atoms with Crippen LogP contribution in [0.1, 0.15) is 65.8 Å². The first-order valence-electron chi connectivity index (χ1n) is 10.8. The quantitative estimate of drug-likeness (QED) is 0.392. The van der Waals surface area contributed by atoms with Gasteiger partial charge in [0, 0.05) is 23.3 Å². The number of carbonyl (C=O) groups is 1. The van der Waals surface area contributed by atoms with Crippen LogP contribution in [0.25, 0.3) is 10.6 Å². The molecule has 3 aromatic rings. The molecule has 4 heteroatoms. The molecule has 2 aromatic carbocycles. The minimum Gasteiger partial charge on any atom is -0.493 e. The van der Waals surface area contributed by atoms with Crippen molar-refractivity contribution >= 4 is 17.6 Å². The van der Waals surface area contributed by atoms with Gasteiger partial charge in [-0.15, -0.1) is 11.3 Å². The third-order valence-corrected chi connectivity index (χ3v) is 7.08. The molecule has 1 aliphatic rings. The van der Waals surface area contributed by atoms with Crippen LogP contribution in [0.5, 0.6) is 5.75 Å². The Bertz CT molecular complexity index is 1020. The third kappa shape index (κ3) is 4.49. The molecule has 0 saturated carbocycles. The normalized spacial score (nSPS) is 15.4. The summed E-state index contributed by atoms with van der Waals surface area (Å²) in [5.41, 5.74) is 6.31. The number of thiazole rings is 1. The molecule has 0 radical (unpaired) electrons. The van der Waals surface area contributed by atoms with E-state index in [0.29, 0.717) is 24.9 Å². The summed E-state index contributed by atoms with van der Waals surface area (Å²) in [5.74, 6) is 1.84. The summed E-state index contributed by atoms with van der Waals surface area (Å²) in [6.45, 7) is 7.19. The number of hydrogen-bond acceptors (Lipinski definition) is 4. The van der Waals surface area contributed by atoms with Crippen LogP contribution in [0.3, 0.4) is 0 Å². The lowest BCUT2D eigenvalue weighted by molar-refractivity contribution is -0.108. The number of carbonyl (C=O) groups excluding carboxylic acids is 1. The summed E-state index contributed by atoms with van der Waals surface area (Å²) >= 11 is 1.75. The van der Waals surface area contributed by atoms with E-state index < -0.39 is 0 Å². The Kier molecular flexibility index (Phi) is 6.33. The van der Waals surface area contributed by atoms with Gasteiger partial charge in [0.25, 0.3) is 0 Å². The average Bonchev–Trinajstić information content (AvgIpc) is 3.32. The van der Waals surface area contributed by atoms with Crippen LogP contribution in [-0.2, 0) is 17.6 Å². The number of hydrogen-bond donors (Lipinski definition) is 0. The summed E-state index contributed by atoms with van der Waals surface area (Å²) in [5, 5.41) is 1.08. The number of benzene rings is 2. The van der Waals surface area contributed by atoms with Crippen molar-refractivity contribution in [3.8, 4) is 16.3 Å². The highest BCUT2D eigenvalue weighted by molar-refractivity contribution is 7.15. The van der Waals surface area contributed by atoms with Crippen LogP contribution in [0, 0.1) is 6.92 Å². The standard InChI is InChI=1S/C26H29NO2S/c1-17(2)19-4-7-21(8-5-19)26-27-25(18(3)30-26)13-15-29-23-10-11-24-20(12-14-28)6-9-22(24)16-23/h4-5,7-8,10-11,14,16-17,20H,6,9,12-13,15H2,1-3H3/t20-/m0/s1. The predicted octanol–water partition coefficient (Wildman–Crippen LogP) is 6.48. The second-order valence-corrected chi connectivity index (χ2v) is 9.60. The molecule has 0 aliphatic heterocycles. The summed E-state index contributed by atoms with van der Waals surface area (Å²) in [7, 11) is 0. The van der Waals surface area contributed by atoms with Crippen molar-refractivity contribution < 1.29 is 9.53 Å². The van der Waals surface area contributed by atoms with Crippen molar-refractivity contribution in [2.75, 3.05) is 6.61 Å². The van der Waals surface area contributed by atoms with Crippen molar-refractivity contribution in [1.29, 1.82) is 0 Å². The third-order valence-electron chi connectivity index (χ3n) is 6.02. The van der Waals surface area contributed by atoms with E-state index in [1.165, 1.54) is 27.1 Å². The molecule has 30 heavy (non-hydrogen) atoms. The van der Waals surface area contributed by atoms with E-state index in [1.54, 1.807) is 11.3 Å². The van der Waals surface area contributed by atoms with Gasteiger partial charge in [0.1, 0.15) is 17.0 Å². The zero-order valence-electron chi connectivity index (χ0n) is 18.0. The second-order valence-electron chi connectivity index (χ2n) is 8.40. The lowest BCUT2D eigenvalue weighted by Gasteiger charge is -2.10. The Balaban J connectivity index is 1.37. The van der Waals surface area contributed by atoms with E-state index in [9.17, 15) is 4.79 Å². The number of ether oxygens (including phenoxy) is 1. The van der Waals surface area contributed by atoms with Crippen molar-refractivity contribution in [2.45, 2.75) is 58.3 Å². The summed E-state index contributed by atoms with van der Waals surface area (Å²) in [6, 6.07) is 15.1. The van der Waals surface area contributed by atoms with Gasteiger partial charge in [-0.25, -0.2) is 4.98 Å². The molecule has 1 aliphatic carbocycles. The lowest BCUT2D eigenvalue weighted by Crippen LogP contribution is -2.03. The van der Waals surface area contributed by atoms with Crippen molar-refractivity contribution in [3.63, 3.8) is 0 Å². The predicted molar refractivity (Wildman–Crippen MR) is 124 cm³/mol. The number of aromatic nitrogens is 1. The van der Waals surface area contributed by atoms with Gasteiger partial charge < -0.3 is 9.53 Å². The molecule has 156 valence electrons. The molecular weight excluding hydrogens is 390 g/mol. The van der Waals surface area contributed by atoms with E-state index in [-0.39, 0.29) is 0 Å². The van der Waals surface area contributed by atoms with Gasteiger partial charge in [0.2, 0.25) is 0 Å². The van der Waals surface area contributed by atoms with Crippen LogP contribution in [0.2, 0.25) is 0 Å². The van der Waals surface area contributed by atoms with E-state index in [2.05, 4.69) is 57.2 Å². The fraction of sp³-hybridized carbons (Fsp3) is 0.385. The van der Waals surface area contributed by atoms with Crippen LogP contribution >= 0.6 is 11.3 Å². The fourth-order valence-corrected chi connectivity index (χ4v) is 5.16. The zero-order chi connectivity index (χ0) is 21.1. The largest absolute Gasteiger partial charge is 0.493 e. The lowest BCUT2D eigenvalue weighted by atomic mass is 9.99. The van der Waals surface area contributed by atoms with Crippen molar-refractivity contribution in [2.24, 2.45) is 0 Å². The van der Waals surface area contributed by atoms with Gasteiger partial charge in [-0.1, -0.05) is 44.2 Å². The minimum absolute atomic E-state index is 0.386. The zero-order valence-corrected chi connectivity index (χ0v) is 18.8. The number of aldehydes is 1. The molecule has 1 atom stereocenters.